The van der Waals surface area contributed by atoms with E-state index in [1.807, 2.05) is 0 Å². The number of ether oxygens (including phenoxy) is 1. The summed E-state index contributed by atoms with van der Waals surface area (Å²) in [6.45, 7) is 3.49. The summed E-state index contributed by atoms with van der Waals surface area (Å²) in [6, 6.07) is 6.22. The Morgan fingerprint density at radius 3 is 2.45 bits per heavy atom. The smallest absolute Gasteiger partial charge is 0.390 e. The van der Waals surface area contributed by atoms with Crippen molar-refractivity contribution < 1.29 is 22.7 Å². The van der Waals surface area contributed by atoms with Gasteiger partial charge in [-0.3, -0.25) is 4.79 Å². The molecule has 0 spiro atoms. The van der Waals surface area contributed by atoms with E-state index in [4.69, 9.17) is 4.74 Å². The Balaban J connectivity index is 2.60. The molecule has 0 saturated heterocycles. The molecule has 1 aromatic carbocycles. The Morgan fingerprint density at radius 1 is 1.35 bits per heavy atom. The summed E-state index contributed by atoms with van der Waals surface area (Å²) in [7, 11) is 1.34. The van der Waals surface area contributed by atoms with Crippen molar-refractivity contribution in [3.63, 3.8) is 0 Å². The molecule has 0 atom stereocenters. The van der Waals surface area contributed by atoms with Gasteiger partial charge >= 0.3 is 6.18 Å². The average molecular weight is 287 g/mol. The molecular weight excluding hydrogens is 271 g/mol. The minimum atomic E-state index is -4.27. The first-order valence-electron chi connectivity index (χ1n) is 5.99. The van der Waals surface area contributed by atoms with Gasteiger partial charge < -0.3 is 9.64 Å². The van der Waals surface area contributed by atoms with Crippen LogP contribution in [-0.4, -0.2) is 37.2 Å². The van der Waals surface area contributed by atoms with Gasteiger partial charge in [0, 0.05) is 19.2 Å². The Bertz CT molecular complexity index is 454. The van der Waals surface area contributed by atoms with Gasteiger partial charge in [-0.2, -0.15) is 13.2 Å². The third-order valence-electron chi connectivity index (χ3n) is 2.55. The van der Waals surface area contributed by atoms with Crippen LogP contribution in [0.5, 0.6) is 5.75 Å². The Hall–Kier alpha value is -1.98. The molecule has 0 bridgehead atoms. The summed E-state index contributed by atoms with van der Waals surface area (Å²) in [5, 5.41) is 0. The highest BCUT2D eigenvalue weighted by Gasteiger charge is 2.28. The van der Waals surface area contributed by atoms with Crippen LogP contribution in [0.3, 0.4) is 0 Å². The number of rotatable bonds is 6. The van der Waals surface area contributed by atoms with Gasteiger partial charge in [0.25, 0.3) is 5.91 Å². The van der Waals surface area contributed by atoms with Crippen LogP contribution in [-0.2, 0) is 0 Å². The summed E-state index contributed by atoms with van der Waals surface area (Å²) in [4.78, 5) is 12.9. The van der Waals surface area contributed by atoms with Crippen molar-refractivity contribution in [3.8, 4) is 5.75 Å². The molecule has 6 heteroatoms. The lowest BCUT2D eigenvalue weighted by Crippen LogP contribution is -2.30. The maximum atomic E-state index is 12.1. The lowest BCUT2D eigenvalue weighted by atomic mass is 10.2. The molecule has 0 unspecified atom stereocenters. The Kier molecular flexibility index (Phi) is 5.61. The average Bonchev–Trinajstić information content (AvgIpc) is 2.41. The topological polar surface area (TPSA) is 29.5 Å². The fourth-order valence-corrected chi connectivity index (χ4v) is 1.47. The zero-order valence-electron chi connectivity index (χ0n) is 11.1. The molecule has 0 N–H and O–H groups in total. The molecule has 0 aliphatic heterocycles. The predicted molar refractivity (Wildman–Crippen MR) is 69.8 cm³/mol. The van der Waals surface area contributed by atoms with Gasteiger partial charge in [0.15, 0.2) is 0 Å². The number of halogens is 3. The number of amides is 1. The van der Waals surface area contributed by atoms with E-state index in [1.54, 1.807) is 18.2 Å². The van der Waals surface area contributed by atoms with Gasteiger partial charge in [-0.05, 0) is 24.3 Å². The van der Waals surface area contributed by atoms with Crippen molar-refractivity contribution in [3.05, 3.63) is 42.5 Å². The van der Waals surface area contributed by atoms with Crippen molar-refractivity contribution in [1.82, 2.24) is 4.90 Å². The van der Waals surface area contributed by atoms with E-state index in [0.717, 1.165) is 4.90 Å². The van der Waals surface area contributed by atoms with Crippen LogP contribution in [0.4, 0.5) is 13.2 Å². The van der Waals surface area contributed by atoms with Gasteiger partial charge in [0.1, 0.15) is 12.4 Å². The molecule has 3 nitrogen and oxygen atoms in total. The van der Waals surface area contributed by atoms with Crippen molar-refractivity contribution in [1.29, 1.82) is 0 Å². The minimum Gasteiger partial charge on any atom is -0.490 e. The van der Waals surface area contributed by atoms with E-state index in [0.29, 0.717) is 17.9 Å². The van der Waals surface area contributed by atoms with Gasteiger partial charge in [-0.25, -0.2) is 0 Å². The normalized spacial score (nSPS) is 11.0. The number of carbonyl (C=O) groups is 1. The molecule has 0 saturated carbocycles. The van der Waals surface area contributed by atoms with E-state index < -0.39 is 18.5 Å². The van der Waals surface area contributed by atoms with Crippen LogP contribution in [0.1, 0.15) is 16.8 Å². The maximum absolute atomic E-state index is 12.1. The van der Waals surface area contributed by atoms with Crippen molar-refractivity contribution in [2.24, 2.45) is 0 Å². The third kappa shape index (κ3) is 5.34. The highest BCUT2D eigenvalue weighted by atomic mass is 19.4. The predicted octanol–water partition coefficient (Wildman–Crippen LogP) is 3.28. The zero-order valence-corrected chi connectivity index (χ0v) is 11.1. The largest absolute Gasteiger partial charge is 0.490 e. The zero-order chi connectivity index (χ0) is 15.2. The molecule has 1 aromatic rings. The summed E-state index contributed by atoms with van der Waals surface area (Å²) in [5.41, 5.74) is 0.320. The molecule has 0 fully saturated rings. The molecule has 1 rings (SSSR count). The van der Waals surface area contributed by atoms with E-state index in [-0.39, 0.29) is 6.54 Å². The summed E-state index contributed by atoms with van der Waals surface area (Å²) in [5.74, 6) is 0.115. The molecule has 110 valence electrons. The quantitative estimate of drug-likeness (QED) is 0.751. The monoisotopic (exact) mass is 287 g/mol. The molecule has 1 amide bonds. The summed E-state index contributed by atoms with van der Waals surface area (Å²) < 4.78 is 41.5. The molecular formula is C14H16F3NO2. The van der Waals surface area contributed by atoms with E-state index in [1.165, 1.54) is 19.2 Å². The van der Waals surface area contributed by atoms with Crippen LogP contribution in [0.15, 0.2) is 36.9 Å². The van der Waals surface area contributed by atoms with Gasteiger partial charge in [0.2, 0.25) is 0 Å². The Morgan fingerprint density at radius 2 is 1.95 bits per heavy atom. The molecule has 0 aliphatic rings. The van der Waals surface area contributed by atoms with Gasteiger partial charge in [0.05, 0.1) is 6.42 Å². The standard InChI is InChI=1S/C14H16F3NO2/c1-3-10-20-12-6-4-11(5-7-12)13(19)18(2)9-8-14(15,16)17/h3-7H,1,8-10H2,2H3. The van der Waals surface area contributed by atoms with E-state index in [2.05, 4.69) is 6.58 Å². The summed E-state index contributed by atoms with van der Waals surface area (Å²) >= 11 is 0. The lowest BCUT2D eigenvalue weighted by molar-refractivity contribution is -0.136. The maximum Gasteiger partial charge on any atom is 0.390 e. The van der Waals surface area contributed by atoms with Crippen LogP contribution < -0.4 is 4.74 Å². The van der Waals surface area contributed by atoms with Crippen LogP contribution in [0.2, 0.25) is 0 Å². The molecule has 0 aromatic heterocycles. The number of benzene rings is 1. The van der Waals surface area contributed by atoms with Crippen molar-refractivity contribution in [2.75, 3.05) is 20.2 Å². The highest BCUT2D eigenvalue weighted by Crippen LogP contribution is 2.20. The van der Waals surface area contributed by atoms with Crippen molar-refractivity contribution in [2.45, 2.75) is 12.6 Å². The van der Waals surface area contributed by atoms with Crippen LogP contribution in [0.25, 0.3) is 0 Å². The van der Waals surface area contributed by atoms with Crippen LogP contribution in [0, 0.1) is 0 Å². The number of alkyl halides is 3. The second-order valence-electron chi connectivity index (χ2n) is 4.22. The molecule has 20 heavy (non-hydrogen) atoms. The first-order chi connectivity index (χ1) is 9.33. The first kappa shape index (κ1) is 16.1. The molecule has 0 aliphatic carbocycles. The number of nitrogens with zero attached hydrogens (tertiary/aromatic N) is 1. The minimum absolute atomic E-state index is 0.320. The van der Waals surface area contributed by atoms with E-state index >= 15 is 0 Å². The number of hydrogen-bond acceptors (Lipinski definition) is 2. The second kappa shape index (κ2) is 6.98. The van der Waals surface area contributed by atoms with Gasteiger partial charge in [-0.15, -0.1) is 0 Å². The second-order valence-corrected chi connectivity index (χ2v) is 4.22. The fraction of sp³-hybridized carbons (Fsp3) is 0.357. The highest BCUT2D eigenvalue weighted by molar-refractivity contribution is 5.94. The Labute approximate surface area is 115 Å². The number of hydrogen-bond donors (Lipinski definition) is 0. The van der Waals surface area contributed by atoms with E-state index in [9.17, 15) is 18.0 Å². The first-order valence-corrected chi connectivity index (χ1v) is 5.99. The molecule has 0 heterocycles. The van der Waals surface area contributed by atoms with Gasteiger partial charge in [-0.1, -0.05) is 12.7 Å². The van der Waals surface area contributed by atoms with Crippen LogP contribution >= 0.6 is 0 Å². The number of carbonyl (C=O) groups excluding carboxylic acids is 1. The van der Waals surface area contributed by atoms with Crippen molar-refractivity contribution >= 4 is 5.91 Å². The third-order valence-corrected chi connectivity index (χ3v) is 2.55. The summed E-state index contributed by atoms with van der Waals surface area (Å²) in [6.07, 6.45) is -3.70. The fourth-order valence-electron chi connectivity index (χ4n) is 1.47. The molecule has 0 radical (unpaired) electrons. The lowest BCUT2D eigenvalue weighted by Gasteiger charge is -2.18. The SMILES string of the molecule is C=CCOc1ccc(C(=O)N(C)CCC(F)(F)F)cc1.